The van der Waals surface area contributed by atoms with Crippen molar-refractivity contribution in [1.82, 2.24) is 30.3 Å². The zero-order valence-corrected chi connectivity index (χ0v) is 15.3. The van der Waals surface area contributed by atoms with Crippen LogP contribution < -0.4 is 10.6 Å². The number of hydrogen-bond acceptors (Lipinski definition) is 5. The summed E-state index contributed by atoms with van der Waals surface area (Å²) in [5.74, 6) is 2.35. The Bertz CT molecular complexity index is 529. The molecule has 0 spiro atoms. The number of alkyl halides is 1. The van der Waals surface area contributed by atoms with Gasteiger partial charge >= 0.3 is 0 Å². The van der Waals surface area contributed by atoms with E-state index in [2.05, 4.69) is 30.7 Å². The van der Waals surface area contributed by atoms with E-state index in [4.69, 9.17) is 4.74 Å². The van der Waals surface area contributed by atoms with E-state index in [9.17, 15) is 4.39 Å². The molecule has 0 aliphatic carbocycles. The maximum Gasteiger partial charge on any atom is 0.191 e. The third-order valence-corrected chi connectivity index (χ3v) is 4.21. The van der Waals surface area contributed by atoms with Crippen molar-refractivity contribution in [2.45, 2.75) is 26.3 Å². The molecule has 0 radical (unpaired) electrons. The predicted molar refractivity (Wildman–Crippen MR) is 95.4 cm³/mol. The first-order valence-corrected chi connectivity index (χ1v) is 8.94. The van der Waals surface area contributed by atoms with Gasteiger partial charge in [0, 0.05) is 33.2 Å². The van der Waals surface area contributed by atoms with Gasteiger partial charge in [0.1, 0.15) is 12.4 Å². The molecule has 0 atom stereocenters. The number of guanidine groups is 1. The average Bonchev–Trinajstić information content (AvgIpc) is 2.95. The van der Waals surface area contributed by atoms with Gasteiger partial charge in [-0.3, -0.25) is 9.29 Å². The minimum Gasteiger partial charge on any atom is -0.379 e. The van der Waals surface area contributed by atoms with Crippen molar-refractivity contribution in [3.63, 3.8) is 0 Å². The molecule has 1 aliphatic rings. The highest BCUT2D eigenvalue weighted by atomic mass is 19.1. The molecule has 0 unspecified atom stereocenters. The number of nitrogens with zero attached hydrogens (tertiary/aromatic N) is 5. The number of halogens is 1. The van der Waals surface area contributed by atoms with Crippen LogP contribution in [0.5, 0.6) is 0 Å². The molecule has 1 saturated heterocycles. The van der Waals surface area contributed by atoms with Crippen LogP contribution >= 0.6 is 0 Å². The number of morpholine rings is 1. The molecule has 142 valence electrons. The zero-order valence-electron chi connectivity index (χ0n) is 15.3. The quantitative estimate of drug-likeness (QED) is 0.375. The predicted octanol–water partition coefficient (Wildman–Crippen LogP) is 0.241. The second-order valence-electron chi connectivity index (χ2n) is 6.09. The van der Waals surface area contributed by atoms with Crippen LogP contribution in [0.2, 0.25) is 0 Å². The maximum atomic E-state index is 12.3. The molecule has 25 heavy (non-hydrogen) atoms. The fraction of sp³-hybridized carbons (Fsp3) is 0.812. The molecule has 2 heterocycles. The summed E-state index contributed by atoms with van der Waals surface area (Å²) in [6.45, 7) is 8.07. The molecule has 1 aliphatic heterocycles. The number of aromatic nitrogens is 3. The Hall–Kier alpha value is -1.74. The van der Waals surface area contributed by atoms with E-state index >= 15 is 0 Å². The van der Waals surface area contributed by atoms with Crippen LogP contribution in [-0.4, -0.2) is 78.2 Å². The fourth-order valence-corrected chi connectivity index (χ4v) is 2.52. The number of hydrogen-bond donors (Lipinski definition) is 2. The third-order valence-electron chi connectivity index (χ3n) is 4.21. The third kappa shape index (κ3) is 6.95. The lowest BCUT2D eigenvalue weighted by molar-refractivity contribution is 0.0376. The Morgan fingerprint density at radius 2 is 1.92 bits per heavy atom. The van der Waals surface area contributed by atoms with Gasteiger partial charge in [0.2, 0.25) is 0 Å². The number of ether oxygens (including phenoxy) is 1. The highest BCUT2D eigenvalue weighted by molar-refractivity contribution is 5.79. The smallest absolute Gasteiger partial charge is 0.191 e. The lowest BCUT2D eigenvalue weighted by Gasteiger charge is -2.26. The van der Waals surface area contributed by atoms with E-state index in [0.29, 0.717) is 25.5 Å². The lowest BCUT2D eigenvalue weighted by Crippen LogP contribution is -2.41. The van der Waals surface area contributed by atoms with Crippen LogP contribution in [0.25, 0.3) is 0 Å². The van der Waals surface area contributed by atoms with Gasteiger partial charge in [-0.05, 0) is 26.3 Å². The van der Waals surface area contributed by atoms with Gasteiger partial charge in [0.05, 0.1) is 19.9 Å². The number of rotatable bonds is 9. The Kier molecular flexibility index (Phi) is 8.61. The highest BCUT2D eigenvalue weighted by Crippen LogP contribution is 2.00. The zero-order chi connectivity index (χ0) is 17.9. The Labute approximate surface area is 148 Å². The minimum absolute atomic E-state index is 0.334. The molecule has 0 bridgehead atoms. The van der Waals surface area contributed by atoms with Crippen LogP contribution in [0.15, 0.2) is 4.99 Å². The van der Waals surface area contributed by atoms with Crippen LogP contribution in [-0.2, 0) is 18.3 Å². The molecule has 0 saturated carbocycles. The normalized spacial score (nSPS) is 16.2. The number of aliphatic imine (C=N–C) groups is 1. The molecule has 1 fully saturated rings. The number of aryl methyl sites for hydroxylation is 1. The van der Waals surface area contributed by atoms with E-state index < -0.39 is 0 Å². The van der Waals surface area contributed by atoms with E-state index in [-0.39, 0.29) is 6.67 Å². The molecular formula is C16H30FN7O. The molecule has 9 heteroatoms. The summed E-state index contributed by atoms with van der Waals surface area (Å²) in [5, 5.41) is 14.6. The van der Waals surface area contributed by atoms with E-state index in [1.807, 2.05) is 18.5 Å². The van der Waals surface area contributed by atoms with Gasteiger partial charge in [-0.25, -0.2) is 4.99 Å². The summed E-state index contributed by atoms with van der Waals surface area (Å²) in [5.41, 5.74) is 0. The monoisotopic (exact) mass is 355 g/mol. The minimum atomic E-state index is -0.334. The van der Waals surface area contributed by atoms with Crippen molar-refractivity contribution in [2.24, 2.45) is 12.0 Å². The molecule has 2 N–H and O–H groups in total. The topological polar surface area (TPSA) is 79.6 Å². The molecule has 2 rings (SSSR count). The van der Waals surface area contributed by atoms with Crippen LogP contribution in [0, 0.1) is 6.92 Å². The molecule has 0 amide bonds. The summed E-state index contributed by atoms with van der Waals surface area (Å²) in [6.07, 6.45) is 1.49. The Morgan fingerprint density at radius 1 is 1.20 bits per heavy atom. The molecule has 8 nitrogen and oxygen atoms in total. The van der Waals surface area contributed by atoms with E-state index in [1.54, 1.807) is 0 Å². The first kappa shape index (κ1) is 19.6. The lowest BCUT2D eigenvalue weighted by atomic mass is 10.3. The maximum absolute atomic E-state index is 12.3. The van der Waals surface area contributed by atoms with Gasteiger partial charge in [0.25, 0.3) is 0 Å². The molecule has 1 aromatic rings. The largest absolute Gasteiger partial charge is 0.379 e. The van der Waals surface area contributed by atoms with Crippen LogP contribution in [0.1, 0.15) is 24.5 Å². The van der Waals surface area contributed by atoms with Crippen molar-refractivity contribution >= 4 is 5.96 Å². The average molecular weight is 355 g/mol. The van der Waals surface area contributed by atoms with Gasteiger partial charge in [-0.1, -0.05) is 0 Å². The van der Waals surface area contributed by atoms with Crippen LogP contribution in [0.3, 0.4) is 0 Å². The first-order valence-electron chi connectivity index (χ1n) is 8.94. The highest BCUT2D eigenvalue weighted by Gasteiger charge is 2.09. The molecular weight excluding hydrogens is 325 g/mol. The second kappa shape index (κ2) is 11.0. The Balaban J connectivity index is 1.77. The van der Waals surface area contributed by atoms with Crippen molar-refractivity contribution in [3.8, 4) is 0 Å². The summed E-state index contributed by atoms with van der Waals surface area (Å²) >= 11 is 0. The molecule has 1 aromatic heterocycles. The van der Waals surface area contributed by atoms with Crippen molar-refractivity contribution in [2.75, 3.05) is 52.6 Å². The van der Waals surface area contributed by atoms with Crippen LogP contribution in [0.4, 0.5) is 4.39 Å². The number of nitrogens with one attached hydrogen (secondary N) is 2. The van der Waals surface area contributed by atoms with E-state index in [1.165, 1.54) is 0 Å². The van der Waals surface area contributed by atoms with Gasteiger partial charge < -0.3 is 19.9 Å². The summed E-state index contributed by atoms with van der Waals surface area (Å²) < 4.78 is 19.6. The Morgan fingerprint density at radius 3 is 2.56 bits per heavy atom. The van der Waals surface area contributed by atoms with Crippen molar-refractivity contribution in [3.05, 3.63) is 11.6 Å². The summed E-state index contributed by atoms with van der Waals surface area (Å²) in [4.78, 5) is 6.94. The standard InChI is InChI=1S/C16H30FN7O/c1-14-21-22-15(23(14)2)13-20-16(18-6-3-5-17)19-7-4-8-24-9-11-25-12-10-24/h3-13H2,1-2H3,(H2,18,19,20). The van der Waals surface area contributed by atoms with Crippen molar-refractivity contribution < 1.29 is 9.13 Å². The second-order valence-corrected chi connectivity index (χ2v) is 6.09. The SMILES string of the molecule is Cc1nnc(CN=C(NCCCF)NCCCN2CCOCC2)n1C. The van der Waals surface area contributed by atoms with Gasteiger partial charge in [0.15, 0.2) is 11.8 Å². The van der Waals surface area contributed by atoms with Gasteiger partial charge in [-0.2, -0.15) is 0 Å². The molecule has 0 aromatic carbocycles. The first-order chi connectivity index (χ1) is 12.2. The van der Waals surface area contributed by atoms with Crippen molar-refractivity contribution in [1.29, 1.82) is 0 Å². The van der Waals surface area contributed by atoms with Gasteiger partial charge in [-0.15, -0.1) is 10.2 Å². The summed E-state index contributed by atoms with van der Waals surface area (Å²) in [7, 11) is 1.92. The van der Waals surface area contributed by atoms with E-state index in [0.717, 1.165) is 57.5 Å². The summed E-state index contributed by atoms with van der Waals surface area (Å²) in [6, 6.07) is 0. The fourth-order valence-electron chi connectivity index (χ4n) is 2.52.